The van der Waals surface area contributed by atoms with Gasteiger partial charge in [-0.25, -0.2) is 4.99 Å². The van der Waals surface area contributed by atoms with Crippen LogP contribution in [0.2, 0.25) is 0 Å². The summed E-state index contributed by atoms with van der Waals surface area (Å²) in [4.78, 5) is 32.8. The van der Waals surface area contributed by atoms with Crippen LogP contribution in [0.4, 0.5) is 5.69 Å². The highest BCUT2D eigenvalue weighted by atomic mass is 79.9. The van der Waals surface area contributed by atoms with Crippen molar-refractivity contribution in [3.63, 3.8) is 0 Å². The van der Waals surface area contributed by atoms with Crippen molar-refractivity contribution in [2.45, 2.75) is 19.9 Å². The molecule has 1 atom stereocenters. The number of nitrogens with one attached hydrogen (secondary N) is 1. The van der Waals surface area contributed by atoms with Crippen molar-refractivity contribution in [1.82, 2.24) is 4.57 Å². The summed E-state index contributed by atoms with van der Waals surface area (Å²) in [5.41, 5.74) is 2.84. The Bertz CT molecular complexity index is 1860. The van der Waals surface area contributed by atoms with Crippen LogP contribution in [0.25, 0.3) is 6.08 Å². The number of nitriles is 1. The highest BCUT2D eigenvalue weighted by molar-refractivity contribution is 9.10. The van der Waals surface area contributed by atoms with Crippen LogP contribution in [-0.2, 0) is 4.79 Å². The minimum absolute atomic E-state index is 0.0678. The van der Waals surface area contributed by atoms with Crippen molar-refractivity contribution < 1.29 is 14.3 Å². The van der Waals surface area contributed by atoms with E-state index in [0.29, 0.717) is 48.9 Å². The molecule has 0 unspecified atom stereocenters. The minimum Gasteiger partial charge on any atom is -0.494 e. The summed E-state index contributed by atoms with van der Waals surface area (Å²) in [6.07, 6.45) is 1.78. The van der Waals surface area contributed by atoms with E-state index in [0.717, 1.165) is 11.1 Å². The molecule has 0 radical (unpaired) electrons. The molecule has 4 aromatic rings. The number of rotatable bonds is 8. The zero-order valence-electron chi connectivity index (χ0n) is 22.3. The van der Waals surface area contributed by atoms with E-state index in [9.17, 15) is 9.59 Å². The number of allylic oxidation sites excluding steroid dienone is 1. The fourth-order valence-electron chi connectivity index (χ4n) is 4.55. The number of carbonyl (C=O) groups is 1. The average molecular weight is 630 g/mol. The molecule has 1 aromatic heterocycles. The Hall–Kier alpha value is -4.46. The lowest BCUT2D eigenvalue weighted by Crippen LogP contribution is -2.40. The smallest absolute Gasteiger partial charge is 0.271 e. The van der Waals surface area contributed by atoms with Gasteiger partial charge in [-0.15, -0.1) is 0 Å². The first-order chi connectivity index (χ1) is 19.9. The quantitative estimate of drug-likeness (QED) is 0.298. The number of para-hydroxylation sites is 1. The van der Waals surface area contributed by atoms with E-state index in [1.807, 2.05) is 79.7 Å². The highest BCUT2D eigenvalue weighted by Gasteiger charge is 2.32. The molecular weight excluding hydrogens is 604 g/mol. The summed E-state index contributed by atoms with van der Waals surface area (Å²) in [5, 5.41) is 11.7. The molecule has 0 aliphatic carbocycles. The molecule has 1 amide bonds. The maximum Gasteiger partial charge on any atom is 0.271 e. The van der Waals surface area contributed by atoms with Gasteiger partial charge in [0.25, 0.3) is 11.5 Å². The van der Waals surface area contributed by atoms with Crippen LogP contribution in [0.3, 0.4) is 0 Å². The Morgan fingerprint density at radius 2 is 1.90 bits per heavy atom. The third-order valence-electron chi connectivity index (χ3n) is 6.35. The number of ether oxygens (including phenoxy) is 2. The van der Waals surface area contributed by atoms with Crippen LogP contribution in [0, 0.1) is 11.3 Å². The summed E-state index contributed by atoms with van der Waals surface area (Å²) < 4.78 is 13.7. The number of anilines is 1. The molecular formula is C31H25BrN4O4S. The van der Waals surface area contributed by atoms with Crippen LogP contribution in [0.5, 0.6) is 11.5 Å². The number of thiazole rings is 1. The van der Waals surface area contributed by atoms with Crippen molar-refractivity contribution >= 4 is 44.9 Å². The van der Waals surface area contributed by atoms with Gasteiger partial charge in [-0.3, -0.25) is 14.2 Å². The average Bonchev–Trinajstić information content (AvgIpc) is 3.27. The van der Waals surface area contributed by atoms with Gasteiger partial charge in [0.1, 0.15) is 17.6 Å². The van der Waals surface area contributed by atoms with Crippen LogP contribution >= 0.6 is 27.3 Å². The lowest BCUT2D eigenvalue weighted by molar-refractivity contribution is -0.113. The van der Waals surface area contributed by atoms with Crippen molar-refractivity contribution in [3.05, 3.63) is 119 Å². The highest BCUT2D eigenvalue weighted by Crippen LogP contribution is 2.32. The first-order valence-corrected chi connectivity index (χ1v) is 14.4. The summed E-state index contributed by atoms with van der Waals surface area (Å²) in [6, 6.07) is 23.2. The van der Waals surface area contributed by atoms with Crippen LogP contribution in [-0.4, -0.2) is 23.7 Å². The molecule has 2 heterocycles. The standard InChI is InChI=1S/C31H25BrN4O4S/c1-3-39-23-12-10-21(11-13-23)28-27(29(37)35-22-7-5-4-6-8-22)19(2)34-31-36(28)30(38)26(41-31)18-20-9-14-25(24(32)17-20)40-16-15-33/h4-14,17-18,28H,3,16H2,1-2H3,(H,35,37)/b26-18-/t28-/m0/s1. The largest absolute Gasteiger partial charge is 0.494 e. The topological polar surface area (TPSA) is 106 Å². The number of amides is 1. The Kier molecular flexibility index (Phi) is 8.47. The third-order valence-corrected chi connectivity index (χ3v) is 7.95. The molecule has 0 fully saturated rings. The maximum absolute atomic E-state index is 13.9. The number of halogens is 1. The Labute approximate surface area is 248 Å². The van der Waals surface area contributed by atoms with Crippen molar-refractivity contribution in [3.8, 4) is 17.6 Å². The van der Waals surface area contributed by atoms with E-state index < -0.39 is 6.04 Å². The minimum atomic E-state index is -0.693. The van der Waals surface area contributed by atoms with Gasteiger partial charge in [0.15, 0.2) is 11.4 Å². The van der Waals surface area contributed by atoms with Gasteiger partial charge >= 0.3 is 0 Å². The predicted molar refractivity (Wildman–Crippen MR) is 162 cm³/mol. The van der Waals surface area contributed by atoms with E-state index in [4.69, 9.17) is 19.7 Å². The Morgan fingerprint density at radius 1 is 1.15 bits per heavy atom. The molecule has 3 aromatic carbocycles. The molecule has 10 heteroatoms. The molecule has 1 aliphatic rings. The summed E-state index contributed by atoms with van der Waals surface area (Å²) >= 11 is 4.73. The number of hydrogen-bond donors (Lipinski definition) is 1. The number of carbonyl (C=O) groups excluding carboxylic acids is 1. The molecule has 0 saturated heterocycles. The normalized spacial score (nSPS) is 14.6. The summed E-state index contributed by atoms with van der Waals surface area (Å²) in [6.45, 7) is 4.16. The molecule has 41 heavy (non-hydrogen) atoms. The molecule has 1 aliphatic heterocycles. The first kappa shape index (κ1) is 28.1. The van der Waals surface area contributed by atoms with E-state index in [2.05, 4.69) is 21.2 Å². The van der Waals surface area contributed by atoms with E-state index in [-0.39, 0.29) is 18.1 Å². The molecule has 0 bridgehead atoms. The van der Waals surface area contributed by atoms with Gasteiger partial charge < -0.3 is 14.8 Å². The number of hydrogen-bond acceptors (Lipinski definition) is 7. The zero-order chi connectivity index (χ0) is 28.9. The van der Waals surface area contributed by atoms with Gasteiger partial charge in [-0.05, 0) is 83.4 Å². The molecule has 1 N–H and O–H groups in total. The second-order valence-electron chi connectivity index (χ2n) is 9.04. The summed E-state index contributed by atoms with van der Waals surface area (Å²) in [5.74, 6) is 0.903. The zero-order valence-corrected chi connectivity index (χ0v) is 24.7. The number of nitrogens with zero attached hydrogens (tertiary/aromatic N) is 3. The monoisotopic (exact) mass is 628 g/mol. The van der Waals surface area contributed by atoms with Crippen LogP contribution in [0.1, 0.15) is 31.0 Å². The van der Waals surface area contributed by atoms with Gasteiger partial charge in [0.05, 0.1) is 32.9 Å². The van der Waals surface area contributed by atoms with E-state index in [1.165, 1.54) is 11.3 Å². The Balaban J connectivity index is 1.61. The van der Waals surface area contributed by atoms with Crippen LogP contribution < -0.4 is 29.7 Å². The Morgan fingerprint density at radius 3 is 2.59 bits per heavy atom. The fraction of sp³-hybridized carbons (Fsp3) is 0.161. The molecule has 0 saturated carbocycles. The first-order valence-electron chi connectivity index (χ1n) is 12.8. The maximum atomic E-state index is 13.9. The molecule has 5 rings (SSSR count). The lowest BCUT2D eigenvalue weighted by atomic mass is 9.95. The van der Waals surface area contributed by atoms with Crippen LogP contribution in [0.15, 0.2) is 98.3 Å². The third kappa shape index (κ3) is 6.01. The van der Waals surface area contributed by atoms with E-state index in [1.54, 1.807) is 23.6 Å². The SMILES string of the molecule is CCOc1ccc([C@H]2C(C(=O)Nc3ccccc3)=C(C)N=c3s/c(=C\c4ccc(OCC#N)c(Br)c4)c(=O)n32)cc1. The predicted octanol–water partition coefficient (Wildman–Crippen LogP) is 4.94. The second-order valence-corrected chi connectivity index (χ2v) is 10.9. The van der Waals surface area contributed by atoms with E-state index >= 15 is 0 Å². The van der Waals surface area contributed by atoms with Gasteiger partial charge in [-0.2, -0.15) is 5.26 Å². The number of fused-ring (bicyclic) bond motifs is 1. The second kappa shape index (κ2) is 12.4. The van der Waals surface area contributed by atoms with Crippen molar-refractivity contribution in [2.75, 3.05) is 18.5 Å². The van der Waals surface area contributed by atoms with Gasteiger partial charge in [0.2, 0.25) is 0 Å². The summed E-state index contributed by atoms with van der Waals surface area (Å²) in [7, 11) is 0. The van der Waals surface area contributed by atoms with Crippen molar-refractivity contribution in [1.29, 1.82) is 5.26 Å². The van der Waals surface area contributed by atoms with Gasteiger partial charge in [0, 0.05) is 5.69 Å². The molecule has 206 valence electrons. The fourth-order valence-corrected chi connectivity index (χ4v) is 6.10. The lowest BCUT2D eigenvalue weighted by Gasteiger charge is -2.25. The molecule has 8 nitrogen and oxygen atoms in total. The van der Waals surface area contributed by atoms with Crippen molar-refractivity contribution in [2.24, 2.45) is 4.99 Å². The number of benzene rings is 3. The number of aromatic nitrogens is 1. The molecule has 0 spiro atoms. The van der Waals surface area contributed by atoms with Gasteiger partial charge in [-0.1, -0.05) is 47.7 Å².